The van der Waals surface area contributed by atoms with E-state index in [0.717, 1.165) is 0 Å². The van der Waals surface area contributed by atoms with Crippen molar-refractivity contribution in [1.29, 1.82) is 0 Å². The van der Waals surface area contributed by atoms with Crippen LogP contribution in [0.1, 0.15) is 12.8 Å². The third-order valence-corrected chi connectivity index (χ3v) is 5.12. The van der Waals surface area contributed by atoms with Crippen LogP contribution in [0.2, 0.25) is 0 Å². The van der Waals surface area contributed by atoms with Gasteiger partial charge in [-0.25, -0.2) is 0 Å². The number of hydrogen-bond donors (Lipinski definition) is 0. The maximum atomic E-state index is 2.23. The van der Waals surface area contributed by atoms with Gasteiger partial charge in [0.1, 0.15) is 0 Å². The van der Waals surface area contributed by atoms with Crippen molar-refractivity contribution < 1.29 is 0 Å². The Hall–Kier alpha value is 0.270. The fourth-order valence-corrected chi connectivity index (χ4v) is 3.91. The minimum absolute atomic E-state index is 1.20. The molecule has 0 nitrogen and oxygen atoms in total. The summed E-state index contributed by atoms with van der Waals surface area (Å²) in [7, 11) is 5.59. The van der Waals surface area contributed by atoms with Gasteiger partial charge in [0.25, 0.3) is 0 Å². The van der Waals surface area contributed by atoms with Crippen LogP contribution in [0.15, 0.2) is 35.8 Å². The first-order valence-electron chi connectivity index (χ1n) is 3.93. The molecule has 1 rings (SSSR count). The average Bonchev–Trinajstić information content (AvgIpc) is 2.05. The first kappa shape index (κ1) is 10.4. The van der Waals surface area contributed by atoms with Gasteiger partial charge >= 0.3 is 0 Å². The van der Waals surface area contributed by atoms with E-state index in [4.69, 9.17) is 0 Å². The van der Waals surface area contributed by atoms with E-state index in [-0.39, 0.29) is 0 Å². The van der Waals surface area contributed by atoms with Crippen LogP contribution in [0.3, 0.4) is 0 Å². The summed E-state index contributed by atoms with van der Waals surface area (Å²) >= 11 is 0. The third-order valence-electron chi connectivity index (χ3n) is 1.29. The molecule has 0 amide bonds. The molecule has 0 bridgehead atoms. The maximum absolute atomic E-state index is 2.23. The summed E-state index contributed by atoms with van der Waals surface area (Å²) in [5.74, 6) is 1.25. The molecule has 0 saturated heterocycles. The summed E-state index contributed by atoms with van der Waals surface area (Å²) in [4.78, 5) is 0. The van der Waals surface area contributed by atoms with Gasteiger partial charge in [-0.1, -0.05) is 52.0 Å². The third kappa shape index (κ3) is 5.86. The molecule has 0 saturated carbocycles. The van der Waals surface area contributed by atoms with Gasteiger partial charge in [-0.05, 0) is 28.1 Å². The first-order valence-corrected chi connectivity index (χ1v) is 7.65. The Morgan fingerprint density at radius 1 is 1.00 bits per heavy atom. The van der Waals surface area contributed by atoms with Crippen molar-refractivity contribution in [3.63, 3.8) is 0 Å². The van der Waals surface area contributed by atoms with Gasteiger partial charge in [-0.3, -0.25) is 0 Å². The molecule has 0 unspecified atom stereocenters. The van der Waals surface area contributed by atoms with E-state index in [1.807, 2.05) is 20.6 Å². The topological polar surface area (TPSA) is 0 Å². The van der Waals surface area contributed by atoms with Crippen molar-refractivity contribution in [3.8, 4) is 0 Å². The normalized spacial score (nSPS) is 28.0. The highest BCUT2D eigenvalue weighted by Crippen LogP contribution is 2.35. The van der Waals surface area contributed by atoms with Crippen LogP contribution < -0.4 is 0 Å². The molecule has 0 aromatic heterocycles. The summed E-state index contributed by atoms with van der Waals surface area (Å²) in [6, 6.07) is 0. The molecule has 3 heteroatoms. The SMILES string of the molecule is C1=C\CCCSSS/C=C/C=C/1. The second-order valence-corrected chi connectivity index (χ2v) is 6.43. The Balaban J connectivity index is 2.32. The summed E-state index contributed by atoms with van der Waals surface area (Å²) in [5.41, 5.74) is 0. The summed E-state index contributed by atoms with van der Waals surface area (Å²) in [5, 5.41) is 2.11. The minimum atomic E-state index is 1.20. The lowest BCUT2D eigenvalue weighted by Gasteiger charge is -1.95. The van der Waals surface area contributed by atoms with E-state index in [0.29, 0.717) is 0 Å². The second kappa shape index (κ2) is 7.90. The molecule has 0 aliphatic carbocycles. The lowest BCUT2D eigenvalue weighted by molar-refractivity contribution is 0.975. The van der Waals surface area contributed by atoms with Crippen LogP contribution in [0.5, 0.6) is 0 Å². The van der Waals surface area contributed by atoms with E-state index in [1.54, 1.807) is 10.8 Å². The maximum Gasteiger partial charge on any atom is 0.00482 e. The Morgan fingerprint density at radius 3 is 2.92 bits per heavy atom. The minimum Gasteiger partial charge on any atom is -0.0845 e. The quantitative estimate of drug-likeness (QED) is 0.550. The van der Waals surface area contributed by atoms with E-state index in [2.05, 4.69) is 35.8 Å². The molecule has 1 aliphatic rings. The number of hydrogen-bond acceptors (Lipinski definition) is 3. The number of rotatable bonds is 0. The van der Waals surface area contributed by atoms with E-state index < -0.39 is 0 Å². The molecular weight excluding hydrogens is 204 g/mol. The molecule has 0 radical (unpaired) electrons. The first-order chi connectivity index (χ1) is 6.00. The molecule has 0 aromatic rings. The van der Waals surface area contributed by atoms with Gasteiger partial charge in [0.15, 0.2) is 0 Å². The van der Waals surface area contributed by atoms with Crippen molar-refractivity contribution in [3.05, 3.63) is 35.8 Å². The lowest BCUT2D eigenvalue weighted by atomic mass is 10.3. The summed E-state index contributed by atoms with van der Waals surface area (Å²) in [6.07, 6.45) is 13.0. The standard InChI is InChI=1S/C9H12S3/c1-2-4-6-8-10-12-11-9-7-5-3-1/h1-4,6,8H,5,7,9H2/b3-1-,4-2+,8-6+. The van der Waals surface area contributed by atoms with Crippen molar-refractivity contribution in [2.45, 2.75) is 12.8 Å². The van der Waals surface area contributed by atoms with Crippen molar-refractivity contribution in [2.75, 3.05) is 5.75 Å². The predicted molar refractivity (Wildman–Crippen MR) is 64.3 cm³/mol. The molecule has 66 valence electrons. The monoisotopic (exact) mass is 216 g/mol. The van der Waals surface area contributed by atoms with Gasteiger partial charge < -0.3 is 0 Å². The zero-order chi connectivity index (χ0) is 8.49. The van der Waals surface area contributed by atoms with E-state index in [9.17, 15) is 0 Å². The zero-order valence-electron chi connectivity index (χ0n) is 6.81. The fraction of sp³-hybridized carbons (Fsp3) is 0.333. The highest BCUT2D eigenvalue weighted by molar-refractivity contribution is 9.09. The Morgan fingerprint density at radius 2 is 1.92 bits per heavy atom. The van der Waals surface area contributed by atoms with E-state index in [1.165, 1.54) is 18.6 Å². The fourth-order valence-electron chi connectivity index (χ4n) is 0.725. The Kier molecular flexibility index (Phi) is 6.81. The second-order valence-electron chi connectivity index (χ2n) is 2.27. The largest absolute Gasteiger partial charge is 0.0845 e. The summed E-state index contributed by atoms with van der Waals surface area (Å²) in [6.45, 7) is 0. The number of allylic oxidation sites excluding steroid dienone is 5. The smallest absolute Gasteiger partial charge is 0.00482 e. The Bertz CT molecular complexity index is 162. The van der Waals surface area contributed by atoms with E-state index >= 15 is 0 Å². The van der Waals surface area contributed by atoms with Crippen LogP contribution in [0.4, 0.5) is 0 Å². The molecule has 0 atom stereocenters. The highest BCUT2D eigenvalue weighted by atomic mass is 33.5. The Labute approximate surface area is 85.8 Å². The predicted octanol–water partition coefficient (Wildman–Crippen LogP) is 4.44. The molecule has 12 heavy (non-hydrogen) atoms. The molecule has 1 heterocycles. The van der Waals surface area contributed by atoms with Crippen LogP contribution in [-0.2, 0) is 0 Å². The highest BCUT2D eigenvalue weighted by Gasteiger charge is 1.88. The molecule has 0 spiro atoms. The lowest BCUT2D eigenvalue weighted by Crippen LogP contribution is -1.73. The molecule has 0 N–H and O–H groups in total. The van der Waals surface area contributed by atoms with Crippen LogP contribution in [0, 0.1) is 0 Å². The molecule has 0 fully saturated rings. The molecule has 0 aromatic carbocycles. The van der Waals surface area contributed by atoms with Crippen LogP contribution in [0.25, 0.3) is 0 Å². The zero-order valence-corrected chi connectivity index (χ0v) is 9.26. The molecular formula is C9H12S3. The van der Waals surface area contributed by atoms with Crippen LogP contribution >= 0.6 is 31.4 Å². The summed E-state index contributed by atoms with van der Waals surface area (Å²) < 4.78 is 0. The van der Waals surface area contributed by atoms with Crippen LogP contribution in [-0.4, -0.2) is 5.75 Å². The van der Waals surface area contributed by atoms with Crippen molar-refractivity contribution in [1.82, 2.24) is 0 Å². The van der Waals surface area contributed by atoms with Gasteiger partial charge in [-0.15, -0.1) is 0 Å². The molecule has 1 aliphatic heterocycles. The van der Waals surface area contributed by atoms with Crippen molar-refractivity contribution in [2.24, 2.45) is 0 Å². The van der Waals surface area contributed by atoms with Gasteiger partial charge in [0, 0.05) is 5.75 Å². The van der Waals surface area contributed by atoms with Crippen molar-refractivity contribution >= 4 is 31.4 Å². The van der Waals surface area contributed by atoms with Gasteiger partial charge in [-0.2, -0.15) is 0 Å². The average molecular weight is 216 g/mol. The van der Waals surface area contributed by atoms with Gasteiger partial charge in [0.05, 0.1) is 0 Å². The van der Waals surface area contributed by atoms with Gasteiger partial charge in [0.2, 0.25) is 0 Å².